The molecular weight excluding hydrogens is 262 g/mol. The molecule has 0 amide bonds. The normalized spacial score (nSPS) is 18.8. The van der Waals surface area contributed by atoms with Crippen molar-refractivity contribution in [3.8, 4) is 5.75 Å². The standard InChI is InChI=1S/C15H22F2N2O/c1-2-8-18-10-12-7-9-19(11-12)13-3-5-14(6-4-13)20-15(16)17/h3-6,12,15,18H,2,7-11H2,1H3. The van der Waals surface area contributed by atoms with Gasteiger partial charge in [-0.1, -0.05) is 6.92 Å². The zero-order valence-electron chi connectivity index (χ0n) is 11.8. The van der Waals surface area contributed by atoms with E-state index in [1.54, 1.807) is 12.1 Å². The van der Waals surface area contributed by atoms with E-state index in [9.17, 15) is 8.78 Å². The Bertz CT molecular complexity index is 397. The highest BCUT2D eigenvalue weighted by Gasteiger charge is 2.22. The summed E-state index contributed by atoms with van der Waals surface area (Å²) < 4.78 is 28.5. The lowest BCUT2D eigenvalue weighted by Gasteiger charge is -2.19. The van der Waals surface area contributed by atoms with E-state index in [0.717, 1.165) is 38.3 Å². The summed E-state index contributed by atoms with van der Waals surface area (Å²) in [5, 5.41) is 3.45. The van der Waals surface area contributed by atoms with E-state index in [0.29, 0.717) is 5.92 Å². The Morgan fingerprint density at radius 3 is 2.75 bits per heavy atom. The zero-order chi connectivity index (χ0) is 14.4. The summed E-state index contributed by atoms with van der Waals surface area (Å²) in [5.41, 5.74) is 1.07. The van der Waals surface area contributed by atoms with E-state index < -0.39 is 6.61 Å². The number of alkyl halides is 2. The molecule has 0 aromatic heterocycles. The smallest absolute Gasteiger partial charge is 0.387 e. The van der Waals surface area contributed by atoms with Crippen LogP contribution in [0.2, 0.25) is 0 Å². The minimum absolute atomic E-state index is 0.212. The number of hydrogen-bond acceptors (Lipinski definition) is 3. The molecule has 1 aromatic rings. The summed E-state index contributed by atoms with van der Waals surface area (Å²) in [7, 11) is 0. The number of ether oxygens (including phenoxy) is 1. The molecule has 1 aliphatic heterocycles. The molecule has 3 nitrogen and oxygen atoms in total. The summed E-state index contributed by atoms with van der Waals surface area (Å²) >= 11 is 0. The van der Waals surface area contributed by atoms with E-state index >= 15 is 0 Å². The van der Waals surface area contributed by atoms with Gasteiger partial charge in [-0.3, -0.25) is 0 Å². The first-order valence-corrected chi connectivity index (χ1v) is 7.19. The Labute approximate surface area is 118 Å². The van der Waals surface area contributed by atoms with Gasteiger partial charge in [0, 0.05) is 18.8 Å². The van der Waals surface area contributed by atoms with Crippen LogP contribution in [0.1, 0.15) is 19.8 Å². The first kappa shape index (κ1) is 15.0. The molecule has 1 saturated heterocycles. The van der Waals surface area contributed by atoms with Gasteiger partial charge >= 0.3 is 6.61 Å². The predicted molar refractivity (Wildman–Crippen MR) is 76.6 cm³/mol. The first-order chi connectivity index (χ1) is 9.69. The topological polar surface area (TPSA) is 24.5 Å². The van der Waals surface area contributed by atoms with Crippen LogP contribution in [0.4, 0.5) is 14.5 Å². The fourth-order valence-corrected chi connectivity index (χ4v) is 2.56. The number of rotatable bonds is 7. The van der Waals surface area contributed by atoms with E-state index in [1.807, 2.05) is 12.1 Å². The summed E-state index contributed by atoms with van der Waals surface area (Å²) in [4.78, 5) is 2.30. The van der Waals surface area contributed by atoms with Crippen LogP contribution in [0.15, 0.2) is 24.3 Å². The lowest BCUT2D eigenvalue weighted by molar-refractivity contribution is -0.0498. The highest BCUT2D eigenvalue weighted by atomic mass is 19.3. The van der Waals surface area contributed by atoms with Crippen molar-refractivity contribution in [1.82, 2.24) is 5.32 Å². The fraction of sp³-hybridized carbons (Fsp3) is 0.600. The van der Waals surface area contributed by atoms with Gasteiger partial charge in [-0.2, -0.15) is 8.78 Å². The van der Waals surface area contributed by atoms with Crippen LogP contribution in [0, 0.1) is 5.92 Å². The van der Waals surface area contributed by atoms with Crippen LogP contribution in [-0.4, -0.2) is 32.8 Å². The van der Waals surface area contributed by atoms with Gasteiger partial charge in [0.25, 0.3) is 0 Å². The maximum atomic E-state index is 12.1. The molecular formula is C15H22F2N2O. The molecule has 1 N–H and O–H groups in total. The van der Waals surface area contributed by atoms with Gasteiger partial charge in [-0.05, 0) is 56.1 Å². The molecule has 1 unspecified atom stereocenters. The molecule has 1 atom stereocenters. The minimum Gasteiger partial charge on any atom is -0.435 e. The Balaban J connectivity index is 1.83. The van der Waals surface area contributed by atoms with Crippen molar-refractivity contribution in [2.45, 2.75) is 26.4 Å². The number of benzene rings is 1. The molecule has 5 heteroatoms. The van der Waals surface area contributed by atoms with Crippen molar-refractivity contribution in [3.63, 3.8) is 0 Å². The fourth-order valence-electron chi connectivity index (χ4n) is 2.56. The number of nitrogens with one attached hydrogen (secondary N) is 1. The van der Waals surface area contributed by atoms with Gasteiger partial charge in [-0.15, -0.1) is 0 Å². The van der Waals surface area contributed by atoms with Gasteiger partial charge in [-0.25, -0.2) is 0 Å². The molecule has 0 bridgehead atoms. The molecule has 20 heavy (non-hydrogen) atoms. The summed E-state index contributed by atoms with van der Waals surface area (Å²) in [6.07, 6.45) is 2.33. The monoisotopic (exact) mass is 284 g/mol. The Morgan fingerprint density at radius 2 is 2.10 bits per heavy atom. The van der Waals surface area contributed by atoms with E-state index in [4.69, 9.17) is 0 Å². The highest BCUT2D eigenvalue weighted by Crippen LogP contribution is 2.26. The average Bonchev–Trinajstić information content (AvgIpc) is 2.88. The van der Waals surface area contributed by atoms with Crippen LogP contribution in [0.3, 0.4) is 0 Å². The van der Waals surface area contributed by atoms with Crippen LogP contribution in [-0.2, 0) is 0 Å². The third-order valence-electron chi connectivity index (χ3n) is 3.57. The van der Waals surface area contributed by atoms with Crippen LogP contribution >= 0.6 is 0 Å². The molecule has 1 heterocycles. The van der Waals surface area contributed by atoms with Gasteiger partial charge in [0.1, 0.15) is 5.75 Å². The number of anilines is 1. The van der Waals surface area contributed by atoms with E-state index in [-0.39, 0.29) is 5.75 Å². The maximum Gasteiger partial charge on any atom is 0.387 e. The van der Waals surface area contributed by atoms with Crippen molar-refractivity contribution >= 4 is 5.69 Å². The molecule has 0 saturated carbocycles. The number of hydrogen-bond donors (Lipinski definition) is 1. The highest BCUT2D eigenvalue weighted by molar-refractivity contribution is 5.49. The molecule has 1 aliphatic rings. The van der Waals surface area contributed by atoms with Crippen LogP contribution in [0.5, 0.6) is 5.75 Å². The Morgan fingerprint density at radius 1 is 1.35 bits per heavy atom. The number of halogens is 2. The van der Waals surface area contributed by atoms with Crippen LogP contribution < -0.4 is 15.0 Å². The molecule has 112 valence electrons. The van der Waals surface area contributed by atoms with Crippen LogP contribution in [0.25, 0.3) is 0 Å². The Hall–Kier alpha value is -1.36. The van der Waals surface area contributed by atoms with Gasteiger partial charge in [0.05, 0.1) is 0 Å². The third-order valence-corrected chi connectivity index (χ3v) is 3.57. The molecule has 1 fully saturated rings. The second-order valence-corrected chi connectivity index (χ2v) is 5.18. The van der Waals surface area contributed by atoms with E-state index in [2.05, 4.69) is 21.9 Å². The summed E-state index contributed by atoms with van der Waals surface area (Å²) in [6, 6.07) is 6.90. The van der Waals surface area contributed by atoms with Crippen molar-refractivity contribution in [2.75, 3.05) is 31.1 Å². The van der Waals surface area contributed by atoms with Gasteiger partial charge in [0.15, 0.2) is 0 Å². The van der Waals surface area contributed by atoms with E-state index in [1.165, 1.54) is 6.42 Å². The lowest BCUT2D eigenvalue weighted by Crippen LogP contribution is -2.26. The van der Waals surface area contributed by atoms with Crippen molar-refractivity contribution in [2.24, 2.45) is 5.92 Å². The second kappa shape index (κ2) is 7.43. The quantitative estimate of drug-likeness (QED) is 0.779. The second-order valence-electron chi connectivity index (χ2n) is 5.18. The largest absolute Gasteiger partial charge is 0.435 e. The number of nitrogens with zero attached hydrogens (tertiary/aromatic N) is 1. The zero-order valence-corrected chi connectivity index (χ0v) is 11.8. The summed E-state index contributed by atoms with van der Waals surface area (Å²) in [6.45, 7) is 3.56. The Kier molecular flexibility index (Phi) is 5.59. The third kappa shape index (κ3) is 4.34. The van der Waals surface area contributed by atoms with Crippen molar-refractivity contribution < 1.29 is 13.5 Å². The SMILES string of the molecule is CCCNCC1CCN(c2ccc(OC(F)F)cc2)C1. The first-order valence-electron chi connectivity index (χ1n) is 7.19. The summed E-state index contributed by atoms with van der Waals surface area (Å²) in [5.74, 6) is 0.877. The average molecular weight is 284 g/mol. The lowest BCUT2D eigenvalue weighted by atomic mass is 10.1. The predicted octanol–water partition coefficient (Wildman–Crippen LogP) is 3.11. The van der Waals surface area contributed by atoms with Gasteiger partial charge < -0.3 is 15.0 Å². The minimum atomic E-state index is -2.76. The molecule has 0 radical (unpaired) electrons. The van der Waals surface area contributed by atoms with Gasteiger partial charge in [0.2, 0.25) is 0 Å². The van der Waals surface area contributed by atoms with Crippen molar-refractivity contribution in [3.05, 3.63) is 24.3 Å². The molecule has 1 aromatic carbocycles. The molecule has 2 rings (SSSR count). The molecule has 0 spiro atoms. The van der Waals surface area contributed by atoms with Crippen molar-refractivity contribution in [1.29, 1.82) is 0 Å². The molecule has 0 aliphatic carbocycles. The maximum absolute atomic E-state index is 12.1.